The fourth-order valence-corrected chi connectivity index (χ4v) is 14.3. The topological polar surface area (TPSA) is 264 Å². The summed E-state index contributed by atoms with van der Waals surface area (Å²) in [5.74, 6) is 2.24. The van der Waals surface area contributed by atoms with Crippen LogP contribution in [-0.4, -0.2) is 98.9 Å². The standard InChI is InChI=1S/4C13H14F2O3.C11H11BrF2O3.C8H15BO2.C7H3BrF2O2.C4H8O.CH2O3.2ClH.2Na.H/c3*1-2-3-9-11-8(6-7-16-9)4-5-10-12(11)18-13(14,15)17-10;1-3-5-9(16)11-8(4-2)6-7-10-12(11)18-13(14,15)17-10;1-2-3-7(15)9-6(12)4-5-8-10(9)17-11(13,14)16-8;1-6-9-10-7(2,3)8(4,5)11-9;8-4-1-2-5-6(3-4)12-7(9,10)11-5;1-2-3-4-5;2-1-4-3;;;;;/h3*4-5,9H,2-3,6-7H2,1H3;4,6-7,9,16H,2-3,5H2,1H3;4-5,7,15H,2-3H2,1H3;6H,1H2,2-5H3;1-3H;4H,2-3H2,1H3;1,3H;2*1H;;;/q;;;;;;;;;;;2*+1;-1/p-1/t2*9-;;;;;;;;;;;;/m10............/s1. The minimum atomic E-state index is -3.68. The van der Waals surface area contributed by atoms with E-state index in [1.807, 2.05) is 87.4 Å². The Bertz CT molecular complexity index is 4320. The van der Waals surface area contributed by atoms with Crippen LogP contribution < -0.4 is 121 Å². The molecule has 23 nitrogen and oxygen atoms in total. The second kappa shape index (κ2) is 48.8. The van der Waals surface area contributed by atoms with Gasteiger partial charge in [0.1, 0.15) is 6.29 Å². The zero-order chi connectivity index (χ0) is 89.2. The van der Waals surface area contributed by atoms with Gasteiger partial charge in [-0.05, 0) is 162 Å². The fraction of sp³-hybridized carbons (Fsp3) is 0.494. The summed E-state index contributed by atoms with van der Waals surface area (Å²) in [6.07, 6.45) is -10.1. The predicted molar refractivity (Wildman–Crippen MR) is 433 cm³/mol. The van der Waals surface area contributed by atoms with Gasteiger partial charge in [0.2, 0.25) is 0 Å². The SMILES string of the molecule is C=CB1OC(C)(C)C(C)(C)O1.C=Cc1ccc2c(c1C(O)CCC)OC(F)(F)O2.CCCC(O)c1c(Br)ccc2c1OC(F)(F)O2.CCCC1OCCc2ccc3c(c21)OC(F)(F)O3.CCCC=O.CCC[C@@H]1OCCc2ccc3c(c21)OC(F)(F)O3.CCC[C@H]1OCCc2ccc3c(c21)OC(F)(F)O3.Cl.Cl.FC1(F)Oc2ccc(Br)cc2O1.O=CO[O-].[H-].[Na+].[Na+]. The van der Waals surface area contributed by atoms with E-state index in [2.05, 4.69) is 107 Å². The number of aliphatic hydroxyl groups excluding tert-OH is 2. The largest absolute Gasteiger partial charge is 1.00 e. The van der Waals surface area contributed by atoms with E-state index in [-0.39, 0.29) is 197 Å². The molecule has 0 spiro atoms. The Kier molecular flexibility index (Phi) is 43.4. The van der Waals surface area contributed by atoms with E-state index in [0.29, 0.717) is 64.7 Å². The molecule has 6 aromatic carbocycles. The number of aldehydes is 1. The first-order valence-electron chi connectivity index (χ1n) is 38.8. The zero-order valence-corrected chi connectivity index (χ0v) is 79.3. The molecule has 10 heterocycles. The fourth-order valence-electron chi connectivity index (χ4n) is 13.3. The quantitative estimate of drug-likeness (QED) is 0.0282. The molecule has 0 bridgehead atoms. The summed E-state index contributed by atoms with van der Waals surface area (Å²) < 4.78 is 238. The monoisotopic (exact) mass is 1970 g/mol. The molecule has 3 unspecified atom stereocenters. The van der Waals surface area contributed by atoms with E-state index in [0.717, 1.165) is 117 Å². The number of aliphatic hydroxyl groups is 2. The number of benzene rings is 6. The number of alkyl halides is 12. The van der Waals surface area contributed by atoms with Crippen LogP contribution in [0.1, 0.15) is 228 Å². The second-order valence-electron chi connectivity index (χ2n) is 28.7. The number of carbonyl (C=O) groups is 2. The maximum atomic E-state index is 13.1. The summed E-state index contributed by atoms with van der Waals surface area (Å²) in [4.78, 5) is 20.7. The minimum Gasteiger partial charge on any atom is -1.00 e. The number of hydrogen-bond donors (Lipinski definition) is 2. The van der Waals surface area contributed by atoms with Crippen molar-refractivity contribution in [3.05, 3.63) is 157 Å². The molecule has 0 amide bonds. The van der Waals surface area contributed by atoms with Gasteiger partial charge in [-0.25, -0.2) is 0 Å². The van der Waals surface area contributed by atoms with Crippen LogP contribution in [0.25, 0.3) is 6.08 Å². The Balaban J connectivity index is 0.000000372. The summed E-state index contributed by atoms with van der Waals surface area (Å²) in [5, 5.41) is 28.4. The first-order valence-corrected chi connectivity index (χ1v) is 40.4. The average Bonchev–Trinajstić information content (AvgIpc) is 1.61. The van der Waals surface area contributed by atoms with Crippen LogP contribution in [0.15, 0.2) is 107 Å². The van der Waals surface area contributed by atoms with Gasteiger partial charge >= 0.3 is 104 Å². The third-order valence-electron chi connectivity index (χ3n) is 19.3. The third kappa shape index (κ3) is 29.7. The summed E-state index contributed by atoms with van der Waals surface area (Å²) in [6, 6.07) is 20.4. The molecule has 0 aromatic heterocycles. The molecule has 16 rings (SSSR count). The van der Waals surface area contributed by atoms with Crippen molar-refractivity contribution in [2.45, 2.75) is 245 Å². The first-order chi connectivity index (χ1) is 57.0. The molecule has 0 aliphatic carbocycles. The number of rotatable bonds is 17. The smallest absolute Gasteiger partial charge is 1.00 e. The van der Waals surface area contributed by atoms with Crippen LogP contribution in [0.5, 0.6) is 69.0 Å². The molecule has 5 atom stereocenters. The zero-order valence-electron chi connectivity index (χ0n) is 71.5. The van der Waals surface area contributed by atoms with E-state index >= 15 is 0 Å². The van der Waals surface area contributed by atoms with Crippen LogP contribution in [0.2, 0.25) is 0 Å². The normalized spacial score (nSPS) is 19.9. The summed E-state index contributed by atoms with van der Waals surface area (Å²) >= 11 is 6.34. The molecule has 0 radical (unpaired) electrons. The molecule has 0 saturated carbocycles. The molecule has 1 fully saturated rings. The van der Waals surface area contributed by atoms with E-state index < -0.39 is 50.0 Å². The molecule has 2 N–H and O–H groups in total. The van der Waals surface area contributed by atoms with E-state index in [9.17, 15) is 67.7 Å². The first kappa shape index (κ1) is 111. The van der Waals surface area contributed by atoms with Gasteiger partial charge in [0.15, 0.2) is 69.0 Å². The number of fused-ring (bicyclic) bond motifs is 12. The van der Waals surface area contributed by atoms with Crippen molar-refractivity contribution in [3.8, 4) is 69.0 Å². The Hall–Kier alpha value is -6.02. The van der Waals surface area contributed by atoms with Crippen molar-refractivity contribution >= 4 is 82.6 Å². The van der Waals surface area contributed by atoms with Gasteiger partial charge in [0.25, 0.3) is 6.47 Å². The molecule has 684 valence electrons. The van der Waals surface area contributed by atoms with Crippen LogP contribution in [0, 0.1) is 0 Å². The Morgan fingerprint density at radius 2 is 0.776 bits per heavy atom. The van der Waals surface area contributed by atoms with E-state index in [1.54, 1.807) is 42.4 Å². The average molecular weight is 1980 g/mol. The molecule has 42 heteroatoms. The third-order valence-corrected chi connectivity index (χ3v) is 20.5. The molecule has 10 aliphatic heterocycles. The van der Waals surface area contributed by atoms with Crippen molar-refractivity contribution in [1.29, 1.82) is 0 Å². The number of carbonyl (C=O) groups excluding carboxylic acids is 2. The summed E-state index contributed by atoms with van der Waals surface area (Å²) in [6.45, 7) is 28.9. The summed E-state index contributed by atoms with van der Waals surface area (Å²) in [5.41, 5.74) is 5.96. The van der Waals surface area contributed by atoms with Crippen LogP contribution >= 0.6 is 56.7 Å². The molecule has 6 aromatic rings. The number of unbranched alkanes of at least 4 members (excludes halogenated alkanes) is 1. The van der Waals surface area contributed by atoms with Crippen LogP contribution in [0.3, 0.4) is 0 Å². The van der Waals surface area contributed by atoms with Crippen molar-refractivity contribution < 1.29 is 224 Å². The Labute approximate surface area is 790 Å². The van der Waals surface area contributed by atoms with Crippen LogP contribution in [0.4, 0.5) is 52.7 Å². The number of ether oxygens (including phenoxy) is 15. The van der Waals surface area contributed by atoms with Gasteiger partial charge < -0.3 is 107 Å². The molecular weight excluding hydrogens is 1880 g/mol. The van der Waals surface area contributed by atoms with Crippen molar-refractivity contribution in [2.75, 3.05) is 19.8 Å². The molecule has 125 heavy (non-hydrogen) atoms. The molecule has 1 saturated heterocycles. The predicted octanol–water partition coefficient (Wildman–Crippen LogP) is 16.3. The second-order valence-corrected chi connectivity index (χ2v) is 30.5. The van der Waals surface area contributed by atoms with Gasteiger partial charge in [-0.15, -0.1) is 84.1 Å². The van der Waals surface area contributed by atoms with Gasteiger partial charge in [-0.3, -0.25) is 4.79 Å². The van der Waals surface area contributed by atoms with Crippen LogP contribution in [-0.2, 0) is 57.3 Å². The summed E-state index contributed by atoms with van der Waals surface area (Å²) in [7, 11) is -0.250. The minimum absolute atomic E-state index is 0. The van der Waals surface area contributed by atoms with Crippen molar-refractivity contribution in [3.63, 3.8) is 0 Å². The van der Waals surface area contributed by atoms with Gasteiger partial charge in [-0.1, -0.05) is 148 Å². The number of hydrogen-bond acceptors (Lipinski definition) is 23. The van der Waals surface area contributed by atoms with Crippen molar-refractivity contribution in [2.24, 2.45) is 0 Å². The maximum Gasteiger partial charge on any atom is 1.00 e. The molecular formula is C83H97BBr2Cl2F12Na2O23. The van der Waals surface area contributed by atoms with Gasteiger partial charge in [0.05, 0.1) is 61.5 Å². The van der Waals surface area contributed by atoms with Crippen molar-refractivity contribution in [1.82, 2.24) is 0 Å². The Morgan fingerprint density at radius 3 is 1.10 bits per heavy atom. The Morgan fingerprint density at radius 1 is 0.464 bits per heavy atom. The maximum absolute atomic E-state index is 13.1. The van der Waals surface area contributed by atoms with Gasteiger partial charge in [-0.2, -0.15) is 0 Å². The van der Waals surface area contributed by atoms with E-state index in [1.165, 1.54) is 30.3 Å². The van der Waals surface area contributed by atoms with E-state index in [4.69, 9.17) is 33.6 Å². The van der Waals surface area contributed by atoms with Gasteiger partial charge in [0, 0.05) is 43.2 Å². The molecule has 10 aliphatic rings. The number of halogens is 16.